The van der Waals surface area contributed by atoms with Crippen LogP contribution in [0.15, 0.2) is 18.2 Å². The van der Waals surface area contributed by atoms with Gasteiger partial charge in [0.2, 0.25) is 0 Å². The number of rotatable bonds is 4. The molecule has 0 saturated carbocycles. The summed E-state index contributed by atoms with van der Waals surface area (Å²) < 4.78 is 5.76. The summed E-state index contributed by atoms with van der Waals surface area (Å²) in [6.07, 6.45) is 0.136. The highest BCUT2D eigenvalue weighted by atomic mass is 35.5. The summed E-state index contributed by atoms with van der Waals surface area (Å²) in [5.74, 6) is 0. The van der Waals surface area contributed by atoms with E-state index in [4.69, 9.17) is 21.6 Å². The minimum absolute atomic E-state index is 0.136. The molecule has 1 unspecified atom stereocenters. The fourth-order valence-corrected chi connectivity index (χ4v) is 2.49. The predicted molar refractivity (Wildman–Crippen MR) is 81.1 cm³/mol. The summed E-state index contributed by atoms with van der Waals surface area (Å²) in [6.45, 7) is 7.71. The van der Waals surface area contributed by atoms with Crippen molar-refractivity contribution in [2.75, 3.05) is 31.6 Å². The number of morpholine rings is 1. The average molecular weight is 294 g/mol. The Morgan fingerprint density at radius 3 is 3.05 bits per heavy atom. The molecule has 5 heteroatoms. The van der Waals surface area contributed by atoms with Crippen molar-refractivity contribution in [2.24, 2.45) is 0 Å². The van der Waals surface area contributed by atoms with Crippen LogP contribution in [0, 0.1) is 11.3 Å². The van der Waals surface area contributed by atoms with E-state index in [0.29, 0.717) is 23.2 Å². The predicted octanol–water partition coefficient (Wildman–Crippen LogP) is 2.73. The zero-order valence-electron chi connectivity index (χ0n) is 11.9. The molecule has 1 heterocycles. The molecule has 1 aliphatic rings. The molecule has 0 bridgehead atoms. The minimum atomic E-state index is 0.136. The molecule has 1 fully saturated rings. The van der Waals surface area contributed by atoms with Crippen LogP contribution in [-0.2, 0) is 4.74 Å². The van der Waals surface area contributed by atoms with E-state index < -0.39 is 0 Å². The number of nitriles is 1. The van der Waals surface area contributed by atoms with Crippen LogP contribution < -0.4 is 5.32 Å². The fraction of sp³-hybridized carbons (Fsp3) is 0.533. The highest BCUT2D eigenvalue weighted by Crippen LogP contribution is 2.20. The Labute approximate surface area is 125 Å². The Balaban J connectivity index is 1.95. The molecule has 108 valence electrons. The quantitative estimate of drug-likeness (QED) is 0.927. The monoisotopic (exact) mass is 293 g/mol. The maximum Gasteiger partial charge on any atom is 0.101 e. The van der Waals surface area contributed by atoms with Crippen molar-refractivity contribution in [2.45, 2.75) is 26.0 Å². The molecule has 0 radical (unpaired) electrons. The van der Waals surface area contributed by atoms with Gasteiger partial charge < -0.3 is 10.1 Å². The molecule has 0 amide bonds. The van der Waals surface area contributed by atoms with E-state index in [-0.39, 0.29) is 6.10 Å². The molecule has 1 saturated heterocycles. The molecule has 20 heavy (non-hydrogen) atoms. The zero-order valence-corrected chi connectivity index (χ0v) is 12.7. The molecule has 1 aromatic carbocycles. The van der Waals surface area contributed by atoms with E-state index >= 15 is 0 Å². The molecule has 4 nitrogen and oxygen atoms in total. The second kappa shape index (κ2) is 6.94. The second-order valence-electron chi connectivity index (χ2n) is 5.26. The van der Waals surface area contributed by atoms with E-state index in [9.17, 15) is 0 Å². The zero-order chi connectivity index (χ0) is 14.5. The topological polar surface area (TPSA) is 48.3 Å². The van der Waals surface area contributed by atoms with E-state index in [1.165, 1.54) is 0 Å². The normalized spacial score (nSPS) is 19.9. The van der Waals surface area contributed by atoms with Crippen molar-refractivity contribution in [1.29, 1.82) is 5.26 Å². The number of hydrogen-bond acceptors (Lipinski definition) is 4. The molecule has 1 aromatic rings. The third-order valence-corrected chi connectivity index (χ3v) is 3.76. The molecule has 2 rings (SSSR count). The summed E-state index contributed by atoms with van der Waals surface area (Å²) >= 11 is 5.97. The summed E-state index contributed by atoms with van der Waals surface area (Å²) in [5.41, 5.74) is 1.37. The van der Waals surface area contributed by atoms with E-state index in [0.717, 1.165) is 25.4 Å². The van der Waals surface area contributed by atoms with E-state index in [1.54, 1.807) is 18.2 Å². The van der Waals surface area contributed by atoms with Gasteiger partial charge in [-0.3, -0.25) is 4.90 Å². The number of nitrogens with zero attached hydrogens (tertiary/aromatic N) is 2. The smallest absolute Gasteiger partial charge is 0.101 e. The van der Waals surface area contributed by atoms with Crippen molar-refractivity contribution in [3.05, 3.63) is 28.8 Å². The van der Waals surface area contributed by atoms with Crippen LogP contribution in [0.5, 0.6) is 0 Å². The van der Waals surface area contributed by atoms with Gasteiger partial charge in [-0.05, 0) is 32.0 Å². The molecular formula is C15H20ClN3O. The van der Waals surface area contributed by atoms with Crippen LogP contribution in [0.25, 0.3) is 0 Å². The summed E-state index contributed by atoms with van der Waals surface area (Å²) in [6, 6.07) is 7.93. The van der Waals surface area contributed by atoms with Crippen molar-refractivity contribution in [3.8, 4) is 6.07 Å². The SMILES string of the molecule is CC(C)N1CCOC(CNc2cc(Cl)ccc2C#N)C1. The second-order valence-corrected chi connectivity index (χ2v) is 5.70. The third kappa shape index (κ3) is 3.86. The van der Waals surface area contributed by atoms with Crippen LogP contribution in [0.4, 0.5) is 5.69 Å². The Kier molecular flexibility index (Phi) is 5.24. The molecule has 1 N–H and O–H groups in total. The van der Waals surface area contributed by atoms with Crippen molar-refractivity contribution >= 4 is 17.3 Å². The van der Waals surface area contributed by atoms with Crippen molar-refractivity contribution < 1.29 is 4.74 Å². The maximum absolute atomic E-state index is 9.09. The van der Waals surface area contributed by atoms with E-state index in [2.05, 4.69) is 30.1 Å². The third-order valence-electron chi connectivity index (χ3n) is 3.52. The van der Waals surface area contributed by atoms with Gasteiger partial charge in [0.25, 0.3) is 0 Å². The molecule has 0 spiro atoms. The van der Waals surface area contributed by atoms with Crippen LogP contribution in [0.1, 0.15) is 19.4 Å². The fourth-order valence-electron chi connectivity index (χ4n) is 2.32. The van der Waals surface area contributed by atoms with Gasteiger partial charge in [0.15, 0.2) is 0 Å². The lowest BCUT2D eigenvalue weighted by Crippen LogP contribution is -2.48. The number of hydrogen-bond donors (Lipinski definition) is 1. The number of benzene rings is 1. The number of ether oxygens (including phenoxy) is 1. The molecule has 1 aliphatic heterocycles. The van der Waals surface area contributed by atoms with Gasteiger partial charge in [-0.1, -0.05) is 11.6 Å². The summed E-state index contributed by atoms with van der Waals surface area (Å²) in [7, 11) is 0. The van der Waals surface area contributed by atoms with Crippen molar-refractivity contribution in [1.82, 2.24) is 4.90 Å². The first-order valence-corrected chi connectivity index (χ1v) is 7.27. The van der Waals surface area contributed by atoms with Crippen LogP contribution in [0.2, 0.25) is 5.02 Å². The van der Waals surface area contributed by atoms with Crippen molar-refractivity contribution in [3.63, 3.8) is 0 Å². The van der Waals surface area contributed by atoms with Gasteiger partial charge in [0, 0.05) is 30.7 Å². The highest BCUT2D eigenvalue weighted by molar-refractivity contribution is 6.30. The molecule has 1 atom stereocenters. The van der Waals surface area contributed by atoms with Crippen LogP contribution in [-0.4, -0.2) is 43.3 Å². The molecule has 0 aromatic heterocycles. The number of nitrogens with one attached hydrogen (secondary N) is 1. The van der Waals surface area contributed by atoms with Crippen LogP contribution >= 0.6 is 11.6 Å². The standard InChI is InChI=1S/C15H20ClN3O/c1-11(2)19-5-6-20-14(10-19)9-18-15-7-13(16)4-3-12(15)8-17/h3-4,7,11,14,18H,5-6,9-10H2,1-2H3. The first kappa shape index (κ1) is 15.1. The van der Waals surface area contributed by atoms with Gasteiger partial charge in [0.1, 0.15) is 6.07 Å². The highest BCUT2D eigenvalue weighted by Gasteiger charge is 2.22. The first-order chi connectivity index (χ1) is 9.60. The van der Waals surface area contributed by atoms with E-state index in [1.807, 2.05) is 0 Å². The minimum Gasteiger partial charge on any atom is -0.381 e. The maximum atomic E-state index is 9.09. The molecule has 0 aliphatic carbocycles. The van der Waals surface area contributed by atoms with Gasteiger partial charge in [0.05, 0.1) is 24.0 Å². The Morgan fingerprint density at radius 1 is 1.55 bits per heavy atom. The van der Waals surface area contributed by atoms with Gasteiger partial charge in [-0.15, -0.1) is 0 Å². The lowest BCUT2D eigenvalue weighted by Gasteiger charge is -2.35. The number of halogens is 1. The Bertz CT molecular complexity index is 498. The molecular weight excluding hydrogens is 274 g/mol. The summed E-state index contributed by atoms with van der Waals surface area (Å²) in [5, 5.41) is 13.0. The van der Waals surface area contributed by atoms with Crippen LogP contribution in [0.3, 0.4) is 0 Å². The number of anilines is 1. The van der Waals surface area contributed by atoms with Gasteiger partial charge in [-0.25, -0.2) is 0 Å². The lowest BCUT2D eigenvalue weighted by molar-refractivity contribution is -0.0315. The Hall–Kier alpha value is -1.28. The average Bonchev–Trinajstić information content (AvgIpc) is 2.45. The lowest BCUT2D eigenvalue weighted by atomic mass is 10.1. The van der Waals surface area contributed by atoms with Gasteiger partial charge >= 0.3 is 0 Å². The first-order valence-electron chi connectivity index (χ1n) is 6.89. The largest absolute Gasteiger partial charge is 0.381 e. The van der Waals surface area contributed by atoms with Gasteiger partial charge in [-0.2, -0.15) is 5.26 Å². The summed E-state index contributed by atoms with van der Waals surface area (Å²) in [4.78, 5) is 2.40. The Morgan fingerprint density at radius 2 is 2.35 bits per heavy atom.